The van der Waals surface area contributed by atoms with Gasteiger partial charge in [0.2, 0.25) is 0 Å². The van der Waals surface area contributed by atoms with Crippen molar-refractivity contribution in [2.24, 2.45) is 0 Å². The third-order valence-corrected chi connectivity index (χ3v) is 8.88. The fraction of sp³-hybridized carbons (Fsp3) is 0.394. The number of H-pyrrole nitrogens is 1. The number of alkyl halides is 3. The number of rotatable bonds is 6. The fourth-order valence-corrected chi connectivity index (χ4v) is 6.36. The first-order valence-electron chi connectivity index (χ1n) is 15.1. The topological polar surface area (TPSA) is 76.7 Å². The summed E-state index contributed by atoms with van der Waals surface area (Å²) in [5.74, 6) is 1.31. The maximum absolute atomic E-state index is 14.2. The highest BCUT2D eigenvalue weighted by Gasteiger charge is 2.35. The molecule has 2 aromatic heterocycles. The Bertz CT molecular complexity index is 1660. The van der Waals surface area contributed by atoms with E-state index in [1.807, 2.05) is 32.0 Å². The molecule has 1 atom stereocenters. The lowest BCUT2D eigenvalue weighted by atomic mass is 9.90. The SMILES string of the molecule is CCN1CCN(Cc2ccc(NC(=O)N3CCc4c(C)cc(Oc5ccnc6[nH]ccc56)cc4C3C)cc2C(F)(F)F)CC1. The van der Waals surface area contributed by atoms with E-state index in [1.165, 1.54) is 6.07 Å². The number of aromatic nitrogens is 2. The number of benzene rings is 2. The Kier molecular flexibility index (Phi) is 8.26. The van der Waals surface area contributed by atoms with Crippen molar-refractivity contribution in [3.05, 3.63) is 82.7 Å². The number of aryl methyl sites for hydroxylation is 1. The molecular weight excluding hydrogens is 569 g/mol. The minimum Gasteiger partial charge on any atom is -0.457 e. The Morgan fingerprint density at radius 3 is 2.59 bits per heavy atom. The number of anilines is 1. The van der Waals surface area contributed by atoms with Crippen LogP contribution in [0.2, 0.25) is 0 Å². The van der Waals surface area contributed by atoms with Gasteiger partial charge in [0.1, 0.15) is 17.1 Å². The molecule has 232 valence electrons. The van der Waals surface area contributed by atoms with E-state index in [4.69, 9.17) is 4.74 Å². The first kappa shape index (κ1) is 30.0. The quantitative estimate of drug-likeness (QED) is 0.248. The molecule has 0 bridgehead atoms. The largest absolute Gasteiger partial charge is 0.457 e. The van der Waals surface area contributed by atoms with Crippen LogP contribution in [0.1, 0.15) is 47.7 Å². The van der Waals surface area contributed by atoms with E-state index in [2.05, 4.69) is 32.0 Å². The molecule has 2 N–H and O–H groups in total. The molecule has 0 radical (unpaired) electrons. The molecule has 4 heterocycles. The molecule has 0 aliphatic carbocycles. The minimum absolute atomic E-state index is 0.126. The number of hydrogen-bond acceptors (Lipinski definition) is 5. The van der Waals surface area contributed by atoms with Gasteiger partial charge in [-0.1, -0.05) is 13.0 Å². The molecule has 1 fully saturated rings. The lowest BCUT2D eigenvalue weighted by molar-refractivity contribution is -0.138. The molecular formula is C33H37F3N6O2. The van der Waals surface area contributed by atoms with Crippen LogP contribution in [0, 0.1) is 6.92 Å². The van der Waals surface area contributed by atoms with Gasteiger partial charge in [0, 0.05) is 57.3 Å². The van der Waals surface area contributed by atoms with Crippen molar-refractivity contribution in [1.29, 1.82) is 0 Å². The molecule has 4 aromatic rings. The van der Waals surface area contributed by atoms with Crippen molar-refractivity contribution < 1.29 is 22.7 Å². The summed E-state index contributed by atoms with van der Waals surface area (Å²) >= 11 is 0. The summed E-state index contributed by atoms with van der Waals surface area (Å²) in [6, 6.07) is 11.0. The van der Waals surface area contributed by atoms with Crippen molar-refractivity contribution >= 4 is 22.8 Å². The minimum atomic E-state index is -4.53. The van der Waals surface area contributed by atoms with E-state index < -0.39 is 17.8 Å². The molecule has 0 saturated carbocycles. The molecule has 6 rings (SSSR count). The van der Waals surface area contributed by atoms with Crippen LogP contribution in [0.4, 0.5) is 23.7 Å². The monoisotopic (exact) mass is 606 g/mol. The normalized spacial score (nSPS) is 18.0. The fourth-order valence-electron chi connectivity index (χ4n) is 6.36. The Hall–Kier alpha value is -4.09. The smallest absolute Gasteiger partial charge is 0.416 e. The number of pyridine rings is 1. The van der Waals surface area contributed by atoms with Crippen LogP contribution in [0.25, 0.3) is 11.0 Å². The maximum Gasteiger partial charge on any atom is 0.416 e. The zero-order valence-electron chi connectivity index (χ0n) is 25.2. The summed E-state index contributed by atoms with van der Waals surface area (Å²) in [4.78, 5) is 26.9. The number of piperazine rings is 1. The van der Waals surface area contributed by atoms with Crippen LogP contribution in [0.15, 0.2) is 54.9 Å². The number of hydrogen-bond donors (Lipinski definition) is 2. The molecule has 44 heavy (non-hydrogen) atoms. The number of urea groups is 1. The average Bonchev–Trinajstić information content (AvgIpc) is 3.48. The number of aromatic amines is 1. The second-order valence-electron chi connectivity index (χ2n) is 11.6. The number of likely N-dealkylation sites (N-methyl/N-ethyl adjacent to an activating group) is 1. The van der Waals surface area contributed by atoms with Crippen LogP contribution >= 0.6 is 0 Å². The van der Waals surface area contributed by atoms with Gasteiger partial charge in [-0.25, -0.2) is 9.78 Å². The molecule has 2 aliphatic heterocycles. The van der Waals surface area contributed by atoms with E-state index in [0.29, 0.717) is 24.5 Å². The van der Waals surface area contributed by atoms with E-state index in [1.54, 1.807) is 29.4 Å². The zero-order chi connectivity index (χ0) is 31.0. The van der Waals surface area contributed by atoms with Gasteiger partial charge in [-0.15, -0.1) is 0 Å². The summed E-state index contributed by atoms with van der Waals surface area (Å²) in [6.07, 6.45) is -0.415. The lowest BCUT2D eigenvalue weighted by Gasteiger charge is -2.36. The van der Waals surface area contributed by atoms with Gasteiger partial charge >= 0.3 is 12.2 Å². The van der Waals surface area contributed by atoms with Crippen LogP contribution < -0.4 is 10.1 Å². The van der Waals surface area contributed by atoms with Crippen molar-refractivity contribution in [2.45, 2.75) is 46.0 Å². The average molecular weight is 607 g/mol. The van der Waals surface area contributed by atoms with Crippen LogP contribution in [-0.2, 0) is 19.1 Å². The van der Waals surface area contributed by atoms with Gasteiger partial charge in [-0.05, 0) is 85.5 Å². The van der Waals surface area contributed by atoms with Crippen LogP contribution in [0.3, 0.4) is 0 Å². The number of carbonyl (C=O) groups excluding carboxylic acids is 1. The summed E-state index contributed by atoms with van der Waals surface area (Å²) in [6.45, 7) is 10.8. The molecule has 8 nitrogen and oxygen atoms in total. The molecule has 2 aliphatic rings. The Balaban J connectivity index is 1.18. The second-order valence-corrected chi connectivity index (χ2v) is 11.6. The van der Waals surface area contributed by atoms with E-state index in [0.717, 1.165) is 66.5 Å². The predicted octanol–water partition coefficient (Wildman–Crippen LogP) is 6.97. The van der Waals surface area contributed by atoms with Gasteiger partial charge in [0.05, 0.1) is 17.0 Å². The summed E-state index contributed by atoms with van der Waals surface area (Å²) in [5, 5.41) is 3.60. The Morgan fingerprint density at radius 2 is 1.84 bits per heavy atom. The Morgan fingerprint density at radius 1 is 1.07 bits per heavy atom. The summed E-state index contributed by atoms with van der Waals surface area (Å²) in [5.41, 5.74) is 3.52. The van der Waals surface area contributed by atoms with Crippen molar-refractivity contribution in [3.63, 3.8) is 0 Å². The zero-order valence-corrected chi connectivity index (χ0v) is 25.2. The first-order chi connectivity index (χ1) is 21.1. The third-order valence-electron chi connectivity index (χ3n) is 8.88. The van der Waals surface area contributed by atoms with Crippen molar-refractivity contribution in [2.75, 3.05) is 44.6 Å². The molecule has 11 heteroatoms. The van der Waals surface area contributed by atoms with Gasteiger partial charge in [0.25, 0.3) is 0 Å². The first-order valence-corrected chi connectivity index (χ1v) is 15.1. The molecule has 1 saturated heterocycles. The molecule has 2 amide bonds. The van der Waals surface area contributed by atoms with Gasteiger partial charge in [-0.3, -0.25) is 4.90 Å². The van der Waals surface area contributed by atoms with Crippen molar-refractivity contribution in [3.8, 4) is 11.5 Å². The molecule has 2 aromatic carbocycles. The highest BCUT2D eigenvalue weighted by atomic mass is 19.4. The van der Waals surface area contributed by atoms with Crippen LogP contribution in [-0.4, -0.2) is 70.0 Å². The van der Waals surface area contributed by atoms with Gasteiger partial charge in [0.15, 0.2) is 0 Å². The lowest BCUT2D eigenvalue weighted by Crippen LogP contribution is -2.45. The number of ether oxygens (including phenoxy) is 1. The number of carbonyl (C=O) groups is 1. The maximum atomic E-state index is 14.2. The van der Waals surface area contributed by atoms with E-state index in [-0.39, 0.29) is 23.8 Å². The van der Waals surface area contributed by atoms with E-state index in [9.17, 15) is 18.0 Å². The summed E-state index contributed by atoms with van der Waals surface area (Å²) < 4.78 is 48.7. The van der Waals surface area contributed by atoms with Gasteiger partial charge in [-0.2, -0.15) is 13.2 Å². The second kappa shape index (κ2) is 12.1. The highest BCUT2D eigenvalue weighted by Crippen LogP contribution is 2.38. The predicted molar refractivity (Wildman–Crippen MR) is 164 cm³/mol. The standard InChI is InChI=1S/C33H37F3N6O2/c1-4-40-13-15-41(16-14-40)20-23-5-6-24(18-29(23)33(34,35)36)39-32(43)42-12-9-26-21(2)17-25(19-28(26)22(42)3)44-30-8-11-38-31-27(30)7-10-37-31/h5-8,10-11,17-19,22H,4,9,12-16,20H2,1-3H3,(H,37,38)(H,39,43). The number of nitrogens with zero attached hydrogens (tertiary/aromatic N) is 4. The van der Waals surface area contributed by atoms with E-state index >= 15 is 0 Å². The van der Waals surface area contributed by atoms with Crippen LogP contribution in [0.5, 0.6) is 11.5 Å². The number of halogens is 3. The molecule has 0 spiro atoms. The highest BCUT2D eigenvalue weighted by molar-refractivity contribution is 5.90. The number of fused-ring (bicyclic) bond motifs is 2. The molecule has 1 unspecified atom stereocenters. The van der Waals surface area contributed by atoms with Crippen molar-refractivity contribution in [1.82, 2.24) is 24.7 Å². The number of nitrogens with one attached hydrogen (secondary N) is 2. The van der Waals surface area contributed by atoms with Gasteiger partial charge < -0.3 is 24.8 Å². The number of amides is 2. The summed E-state index contributed by atoms with van der Waals surface area (Å²) in [7, 11) is 0. The Labute approximate surface area is 254 Å². The third kappa shape index (κ3) is 6.11.